The first-order valence-corrected chi connectivity index (χ1v) is 11.8. The highest BCUT2D eigenvalue weighted by molar-refractivity contribution is 7.99. The molecule has 6 nitrogen and oxygen atoms in total. The lowest BCUT2D eigenvalue weighted by molar-refractivity contribution is -0.113. The van der Waals surface area contributed by atoms with Crippen LogP contribution in [0.5, 0.6) is 0 Å². The van der Waals surface area contributed by atoms with Gasteiger partial charge in [0.25, 0.3) is 5.56 Å². The second kappa shape index (κ2) is 10.9. The molecule has 0 saturated carbocycles. The Labute approximate surface area is 196 Å². The minimum Gasteiger partial charge on any atom is -0.323 e. The first kappa shape index (κ1) is 24.9. The third kappa shape index (κ3) is 6.17. The largest absolute Gasteiger partial charge is 0.323 e. The summed E-state index contributed by atoms with van der Waals surface area (Å²) in [5, 5.41) is 3.29. The number of anilines is 1. The van der Waals surface area contributed by atoms with E-state index in [0.29, 0.717) is 41.2 Å². The highest BCUT2D eigenvalue weighted by atomic mass is 32.2. The van der Waals surface area contributed by atoms with Crippen molar-refractivity contribution >= 4 is 34.3 Å². The summed E-state index contributed by atoms with van der Waals surface area (Å²) in [6, 6.07) is 10.5. The maximum absolute atomic E-state index is 13.8. The van der Waals surface area contributed by atoms with Gasteiger partial charge in [-0.15, -0.1) is 0 Å². The van der Waals surface area contributed by atoms with Gasteiger partial charge in [-0.25, -0.2) is 13.8 Å². The predicted molar refractivity (Wildman–Crippen MR) is 129 cm³/mol. The Morgan fingerprint density at radius 2 is 1.82 bits per heavy atom. The van der Waals surface area contributed by atoms with Crippen LogP contribution in [0.3, 0.4) is 0 Å². The molecule has 0 atom stereocenters. The summed E-state index contributed by atoms with van der Waals surface area (Å²) in [7, 11) is 0. The SMILES string of the molecule is CC(C)N(CCn1c(SCC(=O)Nc2cc(F)ccc2F)nc2ccccc2c1=O)C(C)C. The highest BCUT2D eigenvalue weighted by Crippen LogP contribution is 2.20. The van der Waals surface area contributed by atoms with Gasteiger partial charge in [0.05, 0.1) is 22.3 Å². The summed E-state index contributed by atoms with van der Waals surface area (Å²) >= 11 is 1.09. The zero-order valence-corrected chi connectivity index (χ0v) is 20.0. The number of carbonyl (C=O) groups is 1. The number of para-hydroxylation sites is 1. The molecule has 3 aromatic rings. The molecule has 176 valence electrons. The smallest absolute Gasteiger partial charge is 0.262 e. The lowest BCUT2D eigenvalue weighted by Gasteiger charge is -2.30. The lowest BCUT2D eigenvalue weighted by Crippen LogP contribution is -2.40. The van der Waals surface area contributed by atoms with E-state index >= 15 is 0 Å². The molecule has 9 heteroatoms. The van der Waals surface area contributed by atoms with Crippen molar-refractivity contribution < 1.29 is 13.6 Å². The first-order valence-electron chi connectivity index (χ1n) is 10.8. The van der Waals surface area contributed by atoms with E-state index in [-0.39, 0.29) is 17.0 Å². The van der Waals surface area contributed by atoms with Crippen LogP contribution in [0.2, 0.25) is 0 Å². The molecule has 0 aliphatic carbocycles. The average Bonchev–Trinajstić information content (AvgIpc) is 2.76. The van der Waals surface area contributed by atoms with E-state index < -0.39 is 17.5 Å². The molecular weight excluding hydrogens is 446 g/mol. The standard InChI is InChI=1S/C24H28F2N4O2S/c1-15(2)29(16(3)4)11-12-30-23(32)18-7-5-6-8-20(18)28-24(30)33-14-22(31)27-21-13-17(25)9-10-19(21)26/h5-10,13,15-16H,11-12,14H2,1-4H3,(H,27,31). The molecule has 2 aromatic carbocycles. The Hall–Kier alpha value is -2.78. The lowest BCUT2D eigenvalue weighted by atomic mass is 10.2. The van der Waals surface area contributed by atoms with E-state index in [1.165, 1.54) is 0 Å². The van der Waals surface area contributed by atoms with E-state index in [1.54, 1.807) is 28.8 Å². The van der Waals surface area contributed by atoms with Crippen molar-refractivity contribution in [3.63, 3.8) is 0 Å². The van der Waals surface area contributed by atoms with Crippen LogP contribution in [-0.2, 0) is 11.3 Å². The zero-order valence-electron chi connectivity index (χ0n) is 19.1. The summed E-state index contributed by atoms with van der Waals surface area (Å²) in [6.45, 7) is 9.47. The Morgan fingerprint density at radius 3 is 2.52 bits per heavy atom. The molecule has 33 heavy (non-hydrogen) atoms. The Balaban J connectivity index is 1.84. The van der Waals surface area contributed by atoms with Crippen LogP contribution in [0.1, 0.15) is 27.7 Å². The Bertz CT molecular complexity index is 1190. The van der Waals surface area contributed by atoms with Gasteiger partial charge < -0.3 is 5.32 Å². The second-order valence-corrected chi connectivity index (χ2v) is 9.20. The highest BCUT2D eigenvalue weighted by Gasteiger charge is 2.18. The molecule has 1 N–H and O–H groups in total. The number of rotatable bonds is 9. The number of nitrogens with one attached hydrogen (secondary N) is 1. The number of benzene rings is 2. The quantitative estimate of drug-likeness (QED) is 0.365. The summed E-state index contributed by atoms with van der Waals surface area (Å²) in [5.74, 6) is -2.01. The molecular formula is C24H28F2N4O2S. The van der Waals surface area contributed by atoms with Crippen molar-refractivity contribution in [3.8, 4) is 0 Å². The summed E-state index contributed by atoms with van der Waals surface area (Å²) < 4.78 is 28.8. The average molecular weight is 475 g/mol. The van der Waals surface area contributed by atoms with Gasteiger partial charge in [-0.1, -0.05) is 23.9 Å². The second-order valence-electron chi connectivity index (χ2n) is 8.25. The number of halogens is 2. The van der Waals surface area contributed by atoms with Crippen LogP contribution >= 0.6 is 11.8 Å². The molecule has 3 rings (SSSR count). The van der Waals surface area contributed by atoms with Gasteiger partial charge in [0.1, 0.15) is 11.6 Å². The van der Waals surface area contributed by atoms with Gasteiger partial charge in [0, 0.05) is 31.2 Å². The van der Waals surface area contributed by atoms with Crippen LogP contribution in [0.25, 0.3) is 10.9 Å². The zero-order chi connectivity index (χ0) is 24.1. The molecule has 1 amide bonds. The molecule has 0 bridgehead atoms. The van der Waals surface area contributed by atoms with Crippen LogP contribution in [0, 0.1) is 11.6 Å². The van der Waals surface area contributed by atoms with Gasteiger partial charge in [-0.3, -0.25) is 19.1 Å². The number of thioether (sulfide) groups is 1. The predicted octanol–water partition coefficient (Wildman–Crippen LogP) is 4.52. The van der Waals surface area contributed by atoms with E-state index in [2.05, 4.69) is 42.9 Å². The third-order valence-corrected chi connectivity index (χ3v) is 6.25. The topological polar surface area (TPSA) is 67.2 Å². The molecule has 0 spiro atoms. The molecule has 0 unspecified atom stereocenters. The van der Waals surface area contributed by atoms with E-state index in [0.717, 1.165) is 30.0 Å². The van der Waals surface area contributed by atoms with Crippen molar-refractivity contribution in [2.75, 3.05) is 17.6 Å². The number of amides is 1. The van der Waals surface area contributed by atoms with Gasteiger partial charge >= 0.3 is 0 Å². The molecule has 0 aliphatic rings. The van der Waals surface area contributed by atoms with Crippen molar-refractivity contribution in [2.24, 2.45) is 0 Å². The van der Waals surface area contributed by atoms with Crippen molar-refractivity contribution in [3.05, 3.63) is 64.5 Å². The Kier molecular flexibility index (Phi) is 8.20. The van der Waals surface area contributed by atoms with E-state index in [9.17, 15) is 18.4 Å². The van der Waals surface area contributed by atoms with Gasteiger partial charge in [0.15, 0.2) is 5.16 Å². The third-order valence-electron chi connectivity index (χ3n) is 5.27. The maximum Gasteiger partial charge on any atom is 0.262 e. The summed E-state index contributed by atoms with van der Waals surface area (Å²) in [4.78, 5) is 32.5. The van der Waals surface area contributed by atoms with Gasteiger partial charge in [-0.05, 0) is 52.0 Å². The van der Waals surface area contributed by atoms with Crippen LogP contribution in [-0.4, -0.2) is 44.7 Å². The minimum atomic E-state index is -0.724. The number of fused-ring (bicyclic) bond motifs is 1. The first-order chi connectivity index (χ1) is 15.7. The van der Waals surface area contributed by atoms with Crippen LogP contribution in [0.4, 0.5) is 14.5 Å². The van der Waals surface area contributed by atoms with Gasteiger partial charge in [-0.2, -0.15) is 0 Å². The normalized spacial score (nSPS) is 11.7. The summed E-state index contributed by atoms with van der Waals surface area (Å²) in [5.41, 5.74) is 0.142. The fraction of sp³-hybridized carbons (Fsp3) is 0.375. The van der Waals surface area contributed by atoms with Crippen molar-refractivity contribution in [2.45, 2.75) is 51.5 Å². The van der Waals surface area contributed by atoms with Crippen LogP contribution < -0.4 is 10.9 Å². The van der Waals surface area contributed by atoms with Crippen LogP contribution in [0.15, 0.2) is 52.4 Å². The van der Waals surface area contributed by atoms with Gasteiger partial charge in [0.2, 0.25) is 5.91 Å². The molecule has 0 fully saturated rings. The van der Waals surface area contributed by atoms with E-state index in [1.807, 2.05) is 0 Å². The molecule has 0 radical (unpaired) electrons. The molecule has 1 heterocycles. The minimum absolute atomic E-state index is 0.112. The maximum atomic E-state index is 13.8. The monoisotopic (exact) mass is 474 g/mol. The molecule has 0 aliphatic heterocycles. The number of hydrogen-bond acceptors (Lipinski definition) is 5. The fourth-order valence-corrected chi connectivity index (χ4v) is 4.52. The molecule has 1 aromatic heterocycles. The van der Waals surface area contributed by atoms with E-state index in [4.69, 9.17) is 0 Å². The number of aromatic nitrogens is 2. The Morgan fingerprint density at radius 1 is 1.12 bits per heavy atom. The molecule has 0 saturated heterocycles. The number of hydrogen-bond donors (Lipinski definition) is 1. The van der Waals surface area contributed by atoms with Crippen molar-refractivity contribution in [1.82, 2.24) is 14.5 Å². The number of nitrogens with zero attached hydrogens (tertiary/aromatic N) is 3. The number of carbonyl (C=O) groups excluding carboxylic acids is 1. The van der Waals surface area contributed by atoms with Crippen molar-refractivity contribution in [1.29, 1.82) is 0 Å². The summed E-state index contributed by atoms with van der Waals surface area (Å²) in [6.07, 6.45) is 0. The fourth-order valence-electron chi connectivity index (χ4n) is 3.69.